The molecule has 2 aromatic heterocycles. The highest BCUT2D eigenvalue weighted by Crippen LogP contribution is 2.30. The Morgan fingerprint density at radius 2 is 1.72 bits per heavy atom. The Morgan fingerprint density at radius 1 is 1.05 bits per heavy atom. The number of nitrogens with zero attached hydrogens (tertiary/aromatic N) is 4. The molecule has 7 nitrogen and oxygen atoms in total. The molecule has 1 amide bonds. The summed E-state index contributed by atoms with van der Waals surface area (Å²) in [5.74, 6) is -0.273. The Balaban J connectivity index is 1.51. The van der Waals surface area contributed by atoms with E-state index >= 15 is 0 Å². The fraction of sp³-hybridized carbons (Fsp3) is 0.267. The number of carbonyl (C=O) groups excluding carboxylic acids is 1. The fourth-order valence-corrected chi connectivity index (χ4v) is 5.65. The zero-order valence-electron chi connectivity index (χ0n) is 23.3. The van der Waals surface area contributed by atoms with Gasteiger partial charge in [-0.15, -0.1) is 0 Å². The molecule has 0 aliphatic carbocycles. The molecule has 0 saturated heterocycles. The van der Waals surface area contributed by atoms with Gasteiger partial charge in [0, 0.05) is 30.6 Å². The van der Waals surface area contributed by atoms with E-state index in [-0.39, 0.29) is 34.9 Å². The molecular weight excluding hydrogens is 604 g/mol. The predicted octanol–water partition coefficient (Wildman–Crippen LogP) is 5.93. The largest absolute Gasteiger partial charge is 0.611 e. The van der Waals surface area contributed by atoms with Crippen LogP contribution < -0.4 is 5.56 Å². The first-order valence-corrected chi connectivity index (χ1v) is 15.7. The van der Waals surface area contributed by atoms with Gasteiger partial charge in [0.15, 0.2) is 5.16 Å². The fourth-order valence-electron chi connectivity index (χ4n) is 4.16. The Kier molecular flexibility index (Phi) is 10.6. The van der Waals surface area contributed by atoms with Crippen LogP contribution in [0.1, 0.15) is 30.0 Å². The van der Waals surface area contributed by atoms with Crippen molar-refractivity contribution in [3.8, 4) is 11.3 Å². The average Bonchev–Trinajstić information content (AvgIpc) is 2.97. The first-order chi connectivity index (χ1) is 20.4. The van der Waals surface area contributed by atoms with Crippen LogP contribution in [0.15, 0.2) is 87.9 Å². The third-order valence-electron chi connectivity index (χ3n) is 6.38. The van der Waals surface area contributed by atoms with Crippen LogP contribution in [0.4, 0.5) is 17.6 Å². The molecule has 0 spiro atoms. The third-order valence-corrected chi connectivity index (χ3v) is 8.34. The Labute approximate surface area is 253 Å². The summed E-state index contributed by atoms with van der Waals surface area (Å²) in [7, 11) is 0. The minimum atomic E-state index is -4.42. The molecule has 1 unspecified atom stereocenters. The standard InChI is InChI=1S/C30H28F4N4O3S2/c1-3-14-37(16-21-6-13-25(35-15-21)22-7-9-23(10-8-22)30(32,33)34)27(39)18-38-17-26(43(2)41)28(40)36-29(38)42-19-20-4-11-24(31)12-5-20/h4-13,15,17H,3,14,16,18-19H2,1-2H3. The van der Waals surface area contributed by atoms with Crippen molar-refractivity contribution in [2.75, 3.05) is 12.8 Å². The van der Waals surface area contributed by atoms with Crippen LogP contribution >= 0.6 is 11.8 Å². The van der Waals surface area contributed by atoms with E-state index < -0.39 is 28.5 Å². The number of benzene rings is 2. The van der Waals surface area contributed by atoms with Gasteiger partial charge >= 0.3 is 11.7 Å². The second-order valence-electron chi connectivity index (χ2n) is 9.63. The van der Waals surface area contributed by atoms with Crippen LogP contribution in [0, 0.1) is 5.82 Å². The molecule has 13 heteroatoms. The molecular formula is C30H28F4N4O3S2. The van der Waals surface area contributed by atoms with E-state index in [9.17, 15) is 31.7 Å². The lowest BCUT2D eigenvalue weighted by molar-refractivity contribution is -0.137. The normalized spacial score (nSPS) is 12.3. The highest BCUT2D eigenvalue weighted by Gasteiger charge is 2.30. The van der Waals surface area contributed by atoms with Crippen molar-refractivity contribution in [2.24, 2.45) is 0 Å². The molecule has 0 aliphatic rings. The van der Waals surface area contributed by atoms with Crippen LogP contribution in [0.2, 0.25) is 0 Å². The lowest BCUT2D eigenvalue weighted by Gasteiger charge is -2.23. The Hall–Kier alpha value is -3.68. The van der Waals surface area contributed by atoms with Crippen molar-refractivity contribution >= 4 is 28.8 Å². The zero-order chi connectivity index (χ0) is 31.1. The van der Waals surface area contributed by atoms with E-state index in [0.717, 1.165) is 23.3 Å². The first kappa shape index (κ1) is 32.2. The van der Waals surface area contributed by atoms with Crippen molar-refractivity contribution in [3.05, 3.63) is 106 Å². The van der Waals surface area contributed by atoms with Gasteiger partial charge in [-0.3, -0.25) is 14.6 Å². The lowest BCUT2D eigenvalue weighted by atomic mass is 10.1. The summed E-state index contributed by atoms with van der Waals surface area (Å²) in [5, 5.41) is 0.260. The molecule has 226 valence electrons. The maximum Gasteiger partial charge on any atom is 0.416 e. The number of carbonyl (C=O) groups is 1. The van der Waals surface area contributed by atoms with Gasteiger partial charge in [-0.25, -0.2) is 4.39 Å². The molecule has 2 aromatic carbocycles. The predicted molar refractivity (Wildman–Crippen MR) is 157 cm³/mol. The van der Waals surface area contributed by atoms with Crippen LogP contribution in [0.5, 0.6) is 0 Å². The number of rotatable bonds is 11. The zero-order valence-corrected chi connectivity index (χ0v) is 24.9. The first-order valence-electron chi connectivity index (χ1n) is 13.2. The molecule has 0 bridgehead atoms. The molecule has 4 rings (SSSR count). The lowest BCUT2D eigenvalue weighted by Crippen LogP contribution is -2.35. The molecule has 4 aromatic rings. The third kappa shape index (κ3) is 8.68. The number of alkyl halides is 3. The number of amides is 1. The van der Waals surface area contributed by atoms with Crippen molar-refractivity contribution in [1.29, 1.82) is 0 Å². The highest BCUT2D eigenvalue weighted by molar-refractivity contribution is 7.98. The molecule has 0 N–H and O–H groups in total. The highest BCUT2D eigenvalue weighted by atomic mass is 32.2. The van der Waals surface area contributed by atoms with Crippen molar-refractivity contribution in [1.82, 2.24) is 19.4 Å². The molecule has 2 heterocycles. The molecule has 43 heavy (non-hydrogen) atoms. The quantitative estimate of drug-likeness (QED) is 0.0881. The van der Waals surface area contributed by atoms with Crippen LogP contribution in [0.3, 0.4) is 0 Å². The van der Waals surface area contributed by atoms with Crippen LogP contribution in [0.25, 0.3) is 11.3 Å². The number of hydrogen-bond acceptors (Lipinski definition) is 6. The van der Waals surface area contributed by atoms with E-state index in [4.69, 9.17) is 0 Å². The van der Waals surface area contributed by atoms with Crippen LogP contribution in [-0.2, 0) is 41.0 Å². The van der Waals surface area contributed by atoms with Gasteiger partial charge in [0.1, 0.15) is 18.6 Å². The molecule has 0 fully saturated rings. The maximum atomic E-state index is 13.5. The van der Waals surface area contributed by atoms with Crippen molar-refractivity contribution in [2.45, 2.75) is 48.4 Å². The van der Waals surface area contributed by atoms with E-state index in [1.54, 1.807) is 35.4 Å². The van der Waals surface area contributed by atoms with Gasteiger partial charge in [0.2, 0.25) is 10.8 Å². The van der Waals surface area contributed by atoms with E-state index in [1.165, 1.54) is 53.0 Å². The number of pyridine rings is 1. The second kappa shape index (κ2) is 14.2. The van der Waals surface area contributed by atoms with E-state index in [2.05, 4.69) is 9.97 Å². The topological polar surface area (TPSA) is 91.1 Å². The van der Waals surface area contributed by atoms with Crippen molar-refractivity contribution in [3.63, 3.8) is 0 Å². The minimum absolute atomic E-state index is 0.0240. The number of thioether (sulfide) groups is 1. The SMILES string of the molecule is CCCN(Cc1ccc(-c2ccc(C(F)(F)F)cc2)nc1)C(=O)Cn1cc([S+](C)[O-])c(=O)nc1SCc1ccc(F)cc1. The Morgan fingerprint density at radius 3 is 2.30 bits per heavy atom. The van der Waals surface area contributed by atoms with Crippen molar-refractivity contribution < 1.29 is 26.9 Å². The van der Waals surface area contributed by atoms with E-state index in [1.807, 2.05) is 6.92 Å². The summed E-state index contributed by atoms with van der Waals surface area (Å²) in [5.41, 5.74) is 1.15. The van der Waals surface area contributed by atoms with Gasteiger partial charge < -0.3 is 14.0 Å². The number of halogens is 4. The Bertz CT molecular complexity index is 1590. The van der Waals surface area contributed by atoms with Gasteiger partial charge in [0.25, 0.3) is 0 Å². The summed E-state index contributed by atoms with van der Waals surface area (Å²) in [6.45, 7) is 2.42. The monoisotopic (exact) mass is 632 g/mol. The van der Waals surface area contributed by atoms with Gasteiger partial charge in [-0.1, -0.05) is 49.0 Å². The van der Waals surface area contributed by atoms with Gasteiger partial charge in [0.05, 0.1) is 17.5 Å². The van der Waals surface area contributed by atoms with E-state index in [0.29, 0.717) is 30.0 Å². The average molecular weight is 633 g/mol. The summed E-state index contributed by atoms with van der Waals surface area (Å²) >= 11 is -0.421. The van der Waals surface area contributed by atoms with Gasteiger partial charge in [-0.05, 0) is 59.1 Å². The number of hydrogen-bond donors (Lipinski definition) is 0. The van der Waals surface area contributed by atoms with Crippen LogP contribution in [-0.4, -0.2) is 42.7 Å². The summed E-state index contributed by atoms with van der Waals surface area (Å²) in [6, 6.07) is 14.1. The minimum Gasteiger partial charge on any atom is -0.611 e. The summed E-state index contributed by atoms with van der Waals surface area (Å²) in [6.07, 6.45) is 0.572. The molecule has 0 aliphatic heterocycles. The second-order valence-corrected chi connectivity index (χ2v) is 11.9. The number of aromatic nitrogens is 3. The maximum absolute atomic E-state index is 13.5. The summed E-state index contributed by atoms with van der Waals surface area (Å²) < 4.78 is 65.6. The molecule has 1 atom stereocenters. The summed E-state index contributed by atoms with van der Waals surface area (Å²) in [4.78, 5) is 36.1. The molecule has 0 radical (unpaired) electrons. The smallest absolute Gasteiger partial charge is 0.416 e. The molecule has 0 saturated carbocycles. The van der Waals surface area contributed by atoms with Gasteiger partial charge in [-0.2, -0.15) is 18.2 Å².